The molecule has 0 saturated heterocycles. The van der Waals surface area contributed by atoms with E-state index in [0.29, 0.717) is 11.4 Å². The summed E-state index contributed by atoms with van der Waals surface area (Å²) < 4.78 is 6.12. The fourth-order valence-electron chi connectivity index (χ4n) is 3.25. The summed E-state index contributed by atoms with van der Waals surface area (Å²) in [5.74, 6) is 0.654. The molecule has 2 aliphatic rings. The molecule has 3 rings (SSSR count). The molecule has 0 unspecified atom stereocenters. The number of nitrogens with zero attached hydrogens (tertiary/aromatic N) is 1. The van der Waals surface area contributed by atoms with Gasteiger partial charge in [0.15, 0.2) is 0 Å². The van der Waals surface area contributed by atoms with Crippen molar-refractivity contribution in [1.29, 1.82) is 5.41 Å². The molecule has 3 N–H and O–H groups in total. The van der Waals surface area contributed by atoms with Gasteiger partial charge in [0.25, 0.3) is 0 Å². The first-order valence-corrected chi connectivity index (χ1v) is 7.78. The fourth-order valence-corrected chi connectivity index (χ4v) is 3.25. The second-order valence-corrected chi connectivity index (χ2v) is 5.95. The fraction of sp³-hybridized carbons (Fsp3) is 0.625. The summed E-state index contributed by atoms with van der Waals surface area (Å²) in [5.41, 5.74) is 8.76. The Morgan fingerprint density at radius 1 is 1.15 bits per heavy atom. The average molecular weight is 273 g/mol. The van der Waals surface area contributed by atoms with Crippen LogP contribution in [-0.4, -0.2) is 16.9 Å². The van der Waals surface area contributed by atoms with Crippen LogP contribution in [0.3, 0.4) is 0 Å². The van der Waals surface area contributed by atoms with Gasteiger partial charge in [0.2, 0.25) is 5.88 Å². The Labute approximate surface area is 120 Å². The number of hydrogen-bond donors (Lipinski definition) is 2. The van der Waals surface area contributed by atoms with E-state index in [9.17, 15) is 0 Å². The number of hydrogen-bond acceptors (Lipinski definition) is 3. The number of nitrogens with two attached hydrogens (primary N) is 1. The van der Waals surface area contributed by atoms with Gasteiger partial charge in [0.1, 0.15) is 11.9 Å². The molecule has 1 fully saturated rings. The van der Waals surface area contributed by atoms with Gasteiger partial charge in [-0.15, -0.1) is 0 Å². The Morgan fingerprint density at radius 3 is 2.60 bits per heavy atom. The Hall–Kier alpha value is -1.58. The van der Waals surface area contributed by atoms with Gasteiger partial charge < -0.3 is 10.5 Å². The van der Waals surface area contributed by atoms with Crippen molar-refractivity contribution in [1.82, 2.24) is 4.98 Å². The number of amidine groups is 1. The van der Waals surface area contributed by atoms with E-state index in [2.05, 4.69) is 4.98 Å². The topological polar surface area (TPSA) is 72.0 Å². The van der Waals surface area contributed by atoms with Crippen molar-refractivity contribution >= 4 is 5.84 Å². The van der Waals surface area contributed by atoms with Crippen LogP contribution in [0.4, 0.5) is 0 Å². The van der Waals surface area contributed by atoms with Crippen LogP contribution in [0.1, 0.15) is 61.8 Å². The SMILES string of the molecule is N=C(N)c1cc2c(nc1OC1CCCCCC1)CCC2. The molecular formula is C16H23N3O. The van der Waals surface area contributed by atoms with Crippen LogP contribution < -0.4 is 10.5 Å². The predicted octanol–water partition coefficient (Wildman–Crippen LogP) is 2.96. The minimum atomic E-state index is 0.0656. The van der Waals surface area contributed by atoms with Gasteiger partial charge in [-0.25, -0.2) is 4.98 Å². The van der Waals surface area contributed by atoms with E-state index in [1.807, 2.05) is 6.07 Å². The number of nitrogens with one attached hydrogen (secondary N) is 1. The molecule has 2 aliphatic carbocycles. The van der Waals surface area contributed by atoms with Crippen molar-refractivity contribution in [3.8, 4) is 5.88 Å². The summed E-state index contributed by atoms with van der Waals surface area (Å²) in [6.45, 7) is 0. The lowest BCUT2D eigenvalue weighted by atomic mass is 10.1. The maximum absolute atomic E-state index is 7.76. The van der Waals surface area contributed by atoms with Crippen LogP contribution in [0, 0.1) is 5.41 Å². The van der Waals surface area contributed by atoms with Crippen LogP contribution in [0.2, 0.25) is 0 Å². The lowest BCUT2D eigenvalue weighted by Crippen LogP contribution is -2.21. The number of aromatic nitrogens is 1. The van der Waals surface area contributed by atoms with Gasteiger partial charge in [-0.05, 0) is 56.6 Å². The summed E-state index contributed by atoms with van der Waals surface area (Å²) in [7, 11) is 0. The van der Waals surface area contributed by atoms with Crippen LogP contribution in [0.5, 0.6) is 5.88 Å². The van der Waals surface area contributed by atoms with Gasteiger partial charge in [0.05, 0.1) is 5.56 Å². The zero-order valence-corrected chi connectivity index (χ0v) is 12.0. The summed E-state index contributed by atoms with van der Waals surface area (Å²) in [6.07, 6.45) is 10.7. The lowest BCUT2D eigenvalue weighted by Gasteiger charge is -2.19. The van der Waals surface area contributed by atoms with Crippen molar-refractivity contribution in [3.63, 3.8) is 0 Å². The van der Waals surface area contributed by atoms with Gasteiger partial charge in [-0.3, -0.25) is 5.41 Å². The molecule has 4 nitrogen and oxygen atoms in total. The zero-order chi connectivity index (χ0) is 13.9. The normalized spacial score (nSPS) is 19.4. The van der Waals surface area contributed by atoms with Crippen molar-refractivity contribution in [3.05, 3.63) is 22.9 Å². The molecule has 0 atom stereocenters. The second kappa shape index (κ2) is 5.81. The molecule has 1 saturated carbocycles. The van der Waals surface area contributed by atoms with Crippen LogP contribution in [-0.2, 0) is 12.8 Å². The Kier molecular flexibility index (Phi) is 3.90. The van der Waals surface area contributed by atoms with E-state index in [1.54, 1.807) is 0 Å². The summed E-state index contributed by atoms with van der Waals surface area (Å²) in [6, 6.07) is 2.02. The molecule has 1 heterocycles. The number of pyridine rings is 1. The molecular weight excluding hydrogens is 250 g/mol. The molecule has 20 heavy (non-hydrogen) atoms. The van der Waals surface area contributed by atoms with E-state index < -0.39 is 0 Å². The first kappa shape index (κ1) is 13.4. The third-order valence-electron chi connectivity index (χ3n) is 4.39. The first-order valence-electron chi connectivity index (χ1n) is 7.78. The van der Waals surface area contributed by atoms with Crippen LogP contribution >= 0.6 is 0 Å². The monoisotopic (exact) mass is 273 g/mol. The molecule has 1 aromatic rings. The van der Waals surface area contributed by atoms with E-state index in [4.69, 9.17) is 15.9 Å². The molecule has 0 aliphatic heterocycles. The maximum Gasteiger partial charge on any atom is 0.225 e. The van der Waals surface area contributed by atoms with E-state index in [1.165, 1.54) is 31.2 Å². The third-order valence-corrected chi connectivity index (χ3v) is 4.39. The Bertz CT molecular complexity index is 505. The summed E-state index contributed by atoms with van der Waals surface area (Å²) in [5, 5.41) is 7.76. The molecule has 0 radical (unpaired) electrons. The Morgan fingerprint density at radius 2 is 1.90 bits per heavy atom. The van der Waals surface area contributed by atoms with Crippen molar-refractivity contribution < 1.29 is 4.74 Å². The van der Waals surface area contributed by atoms with Crippen molar-refractivity contribution in [2.45, 2.75) is 63.9 Å². The number of nitrogen functional groups attached to an aromatic ring is 1. The van der Waals surface area contributed by atoms with Gasteiger partial charge in [-0.2, -0.15) is 0 Å². The molecule has 0 bridgehead atoms. The molecule has 0 amide bonds. The van der Waals surface area contributed by atoms with Gasteiger partial charge in [0, 0.05) is 5.69 Å². The zero-order valence-electron chi connectivity index (χ0n) is 12.0. The molecule has 4 heteroatoms. The maximum atomic E-state index is 7.76. The smallest absolute Gasteiger partial charge is 0.225 e. The number of ether oxygens (including phenoxy) is 1. The number of fused-ring (bicyclic) bond motifs is 1. The van der Waals surface area contributed by atoms with E-state index >= 15 is 0 Å². The Balaban J connectivity index is 1.85. The highest BCUT2D eigenvalue weighted by atomic mass is 16.5. The largest absolute Gasteiger partial charge is 0.474 e. The first-order chi connectivity index (χ1) is 9.74. The molecule has 108 valence electrons. The minimum Gasteiger partial charge on any atom is -0.474 e. The minimum absolute atomic E-state index is 0.0656. The highest BCUT2D eigenvalue weighted by Gasteiger charge is 2.21. The number of rotatable bonds is 3. The molecule has 0 spiro atoms. The average Bonchev–Trinajstić information content (AvgIpc) is 2.73. The molecule has 1 aromatic heterocycles. The predicted molar refractivity (Wildman–Crippen MR) is 79.4 cm³/mol. The third kappa shape index (κ3) is 2.79. The second-order valence-electron chi connectivity index (χ2n) is 5.95. The van der Waals surface area contributed by atoms with E-state index in [-0.39, 0.29) is 11.9 Å². The van der Waals surface area contributed by atoms with Crippen molar-refractivity contribution in [2.24, 2.45) is 5.73 Å². The summed E-state index contributed by atoms with van der Waals surface area (Å²) >= 11 is 0. The summed E-state index contributed by atoms with van der Waals surface area (Å²) in [4.78, 5) is 4.66. The quantitative estimate of drug-likeness (QED) is 0.505. The highest BCUT2D eigenvalue weighted by molar-refractivity contribution is 5.97. The van der Waals surface area contributed by atoms with Crippen molar-refractivity contribution in [2.75, 3.05) is 0 Å². The van der Waals surface area contributed by atoms with Crippen LogP contribution in [0.15, 0.2) is 6.07 Å². The van der Waals surface area contributed by atoms with E-state index in [0.717, 1.165) is 37.8 Å². The lowest BCUT2D eigenvalue weighted by molar-refractivity contribution is 0.175. The number of aryl methyl sites for hydroxylation is 2. The standard InChI is InChI=1S/C16H23N3O/c17-15(18)13-10-11-6-5-9-14(11)19-16(13)20-12-7-3-1-2-4-8-12/h10,12H,1-9H2,(H3,17,18). The van der Waals surface area contributed by atoms with Crippen LogP contribution in [0.25, 0.3) is 0 Å². The van der Waals surface area contributed by atoms with Gasteiger partial charge in [-0.1, -0.05) is 12.8 Å². The molecule has 0 aromatic carbocycles. The van der Waals surface area contributed by atoms with Gasteiger partial charge >= 0.3 is 0 Å². The highest BCUT2D eigenvalue weighted by Crippen LogP contribution is 2.29.